The number of hydrogen-bond acceptors (Lipinski definition) is 3. The molecule has 0 saturated carbocycles. The van der Waals surface area contributed by atoms with Gasteiger partial charge in [0.1, 0.15) is 10.6 Å². The first kappa shape index (κ1) is 12.9. The topological polar surface area (TPSA) is 66.4 Å². The summed E-state index contributed by atoms with van der Waals surface area (Å²) in [6.07, 6.45) is 0. The molecule has 0 amide bonds. The maximum atomic E-state index is 12.0. The van der Waals surface area contributed by atoms with Crippen LogP contribution < -0.4 is 4.72 Å². The Hall–Kier alpha value is -1.53. The number of anilines is 1. The molecule has 0 atom stereocenters. The lowest BCUT2D eigenvalue weighted by Gasteiger charge is -2.09. The smallest absolute Gasteiger partial charge is 0.265 e. The van der Waals surface area contributed by atoms with Gasteiger partial charge in [0.15, 0.2) is 0 Å². The molecule has 0 heterocycles. The molecule has 2 rings (SSSR count). The van der Waals surface area contributed by atoms with Gasteiger partial charge in [-0.15, -0.1) is 0 Å². The predicted molar refractivity (Wildman–Crippen MR) is 73.1 cm³/mol. The van der Waals surface area contributed by atoms with E-state index in [1.807, 2.05) is 0 Å². The fraction of sp³-hybridized carbons (Fsp3) is 0. The van der Waals surface area contributed by atoms with Gasteiger partial charge in [0.2, 0.25) is 0 Å². The third-order valence-electron chi connectivity index (χ3n) is 2.23. The summed E-state index contributed by atoms with van der Waals surface area (Å²) in [6.45, 7) is 0. The Kier molecular flexibility index (Phi) is 3.58. The highest BCUT2D eigenvalue weighted by Gasteiger charge is 2.17. The molecule has 18 heavy (non-hydrogen) atoms. The number of benzene rings is 2. The van der Waals surface area contributed by atoms with E-state index in [9.17, 15) is 13.5 Å². The number of hydrogen-bond donors (Lipinski definition) is 2. The van der Waals surface area contributed by atoms with Crippen molar-refractivity contribution in [2.45, 2.75) is 4.90 Å². The standard InChI is InChI=1S/C12H10BrNO3S/c13-9-4-3-5-10(8-9)14-18(16,17)12-7-2-1-6-11(12)15/h1-8,14-15H. The Labute approximate surface area is 113 Å². The molecule has 2 aromatic rings. The molecule has 0 radical (unpaired) electrons. The highest BCUT2D eigenvalue weighted by Crippen LogP contribution is 2.25. The highest BCUT2D eigenvalue weighted by molar-refractivity contribution is 9.10. The van der Waals surface area contributed by atoms with Gasteiger partial charge in [0, 0.05) is 10.2 Å². The van der Waals surface area contributed by atoms with E-state index in [0.29, 0.717) is 5.69 Å². The molecule has 94 valence electrons. The minimum Gasteiger partial charge on any atom is -0.507 e. The minimum absolute atomic E-state index is 0.148. The first-order valence-electron chi connectivity index (χ1n) is 5.05. The van der Waals surface area contributed by atoms with Gasteiger partial charge in [0.25, 0.3) is 10.0 Å². The highest BCUT2D eigenvalue weighted by atomic mass is 79.9. The molecule has 0 aliphatic rings. The molecular formula is C12H10BrNO3S. The quantitative estimate of drug-likeness (QED) is 0.910. The van der Waals surface area contributed by atoms with Crippen molar-refractivity contribution in [2.75, 3.05) is 4.72 Å². The summed E-state index contributed by atoms with van der Waals surface area (Å²) in [5, 5.41) is 9.55. The average Bonchev–Trinajstić information content (AvgIpc) is 2.28. The lowest BCUT2D eigenvalue weighted by atomic mass is 10.3. The molecule has 0 spiro atoms. The molecule has 0 aromatic heterocycles. The van der Waals surface area contributed by atoms with E-state index in [1.165, 1.54) is 12.1 Å². The van der Waals surface area contributed by atoms with Crippen molar-refractivity contribution < 1.29 is 13.5 Å². The van der Waals surface area contributed by atoms with Crippen LogP contribution in [0.25, 0.3) is 0 Å². The Balaban J connectivity index is 2.37. The van der Waals surface area contributed by atoms with E-state index in [4.69, 9.17) is 0 Å². The Morgan fingerprint density at radius 3 is 2.44 bits per heavy atom. The molecule has 4 nitrogen and oxygen atoms in total. The lowest BCUT2D eigenvalue weighted by molar-refractivity contribution is 0.459. The summed E-state index contributed by atoms with van der Waals surface area (Å²) >= 11 is 3.26. The third kappa shape index (κ3) is 2.83. The lowest BCUT2D eigenvalue weighted by Crippen LogP contribution is -2.12. The number of nitrogens with one attached hydrogen (secondary N) is 1. The molecular weight excluding hydrogens is 318 g/mol. The summed E-state index contributed by atoms with van der Waals surface area (Å²) < 4.78 is 27.3. The van der Waals surface area contributed by atoms with Gasteiger partial charge in [-0.05, 0) is 30.3 Å². The normalized spacial score (nSPS) is 11.2. The molecule has 0 aliphatic heterocycles. The van der Waals surface area contributed by atoms with E-state index >= 15 is 0 Å². The maximum absolute atomic E-state index is 12.0. The molecule has 2 N–H and O–H groups in total. The van der Waals surface area contributed by atoms with Gasteiger partial charge in [-0.2, -0.15) is 0 Å². The maximum Gasteiger partial charge on any atom is 0.265 e. The molecule has 0 unspecified atom stereocenters. The van der Waals surface area contributed by atoms with Crippen LogP contribution in [-0.2, 0) is 10.0 Å². The number of phenols is 1. The molecule has 0 fully saturated rings. The number of rotatable bonds is 3. The van der Waals surface area contributed by atoms with Crippen molar-refractivity contribution >= 4 is 31.6 Å². The van der Waals surface area contributed by atoms with Crippen LogP contribution in [0.1, 0.15) is 0 Å². The van der Waals surface area contributed by atoms with Crippen LogP contribution in [0.15, 0.2) is 57.9 Å². The van der Waals surface area contributed by atoms with E-state index in [0.717, 1.165) is 4.47 Å². The van der Waals surface area contributed by atoms with E-state index < -0.39 is 10.0 Å². The zero-order valence-corrected chi connectivity index (χ0v) is 11.6. The number of aromatic hydroxyl groups is 1. The Bertz CT molecular complexity index is 671. The summed E-state index contributed by atoms with van der Waals surface area (Å²) in [4.78, 5) is -0.148. The van der Waals surface area contributed by atoms with Crippen molar-refractivity contribution in [1.29, 1.82) is 0 Å². The van der Waals surface area contributed by atoms with E-state index in [2.05, 4.69) is 20.7 Å². The van der Waals surface area contributed by atoms with Crippen molar-refractivity contribution in [1.82, 2.24) is 0 Å². The van der Waals surface area contributed by atoms with Crippen molar-refractivity contribution in [3.05, 3.63) is 53.0 Å². The fourth-order valence-electron chi connectivity index (χ4n) is 1.45. The zero-order valence-electron chi connectivity index (χ0n) is 9.17. The van der Waals surface area contributed by atoms with Gasteiger partial charge in [-0.25, -0.2) is 8.42 Å². The molecule has 0 bridgehead atoms. The van der Waals surface area contributed by atoms with Crippen LogP contribution >= 0.6 is 15.9 Å². The van der Waals surface area contributed by atoms with Crippen molar-refractivity contribution in [2.24, 2.45) is 0 Å². The fourth-order valence-corrected chi connectivity index (χ4v) is 2.99. The number of para-hydroxylation sites is 1. The molecule has 0 aliphatic carbocycles. The van der Waals surface area contributed by atoms with Crippen molar-refractivity contribution in [3.63, 3.8) is 0 Å². The summed E-state index contributed by atoms with van der Waals surface area (Å²) in [5.74, 6) is -0.278. The molecule has 6 heteroatoms. The van der Waals surface area contributed by atoms with E-state index in [-0.39, 0.29) is 10.6 Å². The number of sulfonamides is 1. The van der Waals surface area contributed by atoms with Gasteiger partial charge < -0.3 is 5.11 Å². The SMILES string of the molecule is O=S(=O)(Nc1cccc(Br)c1)c1ccccc1O. The third-order valence-corrected chi connectivity index (χ3v) is 4.15. The zero-order chi connectivity index (χ0) is 13.2. The first-order chi connectivity index (χ1) is 8.49. The predicted octanol–water partition coefficient (Wildman–Crippen LogP) is 2.96. The van der Waals surface area contributed by atoms with Gasteiger partial charge >= 0.3 is 0 Å². The van der Waals surface area contributed by atoms with Gasteiger partial charge in [-0.1, -0.05) is 34.1 Å². The van der Waals surface area contributed by atoms with Gasteiger partial charge in [0.05, 0.1) is 0 Å². The second-order valence-electron chi connectivity index (χ2n) is 3.58. The largest absolute Gasteiger partial charge is 0.507 e. The number of phenolic OH excluding ortho intramolecular Hbond substituents is 1. The second kappa shape index (κ2) is 4.99. The first-order valence-corrected chi connectivity index (χ1v) is 7.33. The Morgan fingerprint density at radius 2 is 1.78 bits per heavy atom. The van der Waals surface area contributed by atoms with Crippen LogP contribution in [0.2, 0.25) is 0 Å². The summed E-state index contributed by atoms with van der Waals surface area (Å²) in [7, 11) is -3.78. The van der Waals surface area contributed by atoms with Crippen LogP contribution in [0.5, 0.6) is 5.75 Å². The van der Waals surface area contributed by atoms with Gasteiger partial charge in [-0.3, -0.25) is 4.72 Å². The van der Waals surface area contributed by atoms with Crippen LogP contribution in [0.3, 0.4) is 0 Å². The Morgan fingerprint density at radius 1 is 1.06 bits per heavy atom. The monoisotopic (exact) mass is 327 g/mol. The summed E-state index contributed by atoms with van der Waals surface area (Å²) in [5.41, 5.74) is 0.424. The van der Waals surface area contributed by atoms with E-state index in [1.54, 1.807) is 36.4 Å². The second-order valence-corrected chi connectivity index (χ2v) is 6.15. The van der Waals surface area contributed by atoms with Crippen LogP contribution in [0.4, 0.5) is 5.69 Å². The summed E-state index contributed by atoms with van der Waals surface area (Å²) in [6, 6.07) is 12.6. The molecule has 0 saturated heterocycles. The van der Waals surface area contributed by atoms with Crippen molar-refractivity contribution in [3.8, 4) is 5.75 Å². The number of halogens is 1. The minimum atomic E-state index is -3.78. The van der Waals surface area contributed by atoms with Crippen LogP contribution in [-0.4, -0.2) is 13.5 Å². The average molecular weight is 328 g/mol. The van der Waals surface area contributed by atoms with Crippen LogP contribution in [0, 0.1) is 0 Å². The molecule has 2 aromatic carbocycles.